The Labute approximate surface area is 413 Å². The van der Waals surface area contributed by atoms with Gasteiger partial charge in [-0.05, 0) is 84.0 Å². The fourth-order valence-corrected chi connectivity index (χ4v) is 10.8. The Morgan fingerprint density at radius 2 is 1.55 bits per heavy atom. The molecule has 0 unspecified atom stereocenters. The molecule has 4 aromatic carbocycles. The number of halogens is 1. The van der Waals surface area contributed by atoms with E-state index < -0.39 is 46.2 Å². The first-order valence-electron chi connectivity index (χ1n) is 23.1. The first-order chi connectivity index (χ1) is 32.6. The average molecular weight is 975 g/mol. The minimum Gasteiger partial charge on any atom is -0.489 e. The van der Waals surface area contributed by atoms with E-state index in [1.807, 2.05) is 69.6 Å². The third-order valence-corrected chi connectivity index (χ3v) is 14.5. The van der Waals surface area contributed by atoms with Crippen LogP contribution in [-0.4, -0.2) is 82.0 Å². The quantitative estimate of drug-likeness (QED) is 0.0813. The summed E-state index contributed by atoms with van der Waals surface area (Å²) in [6, 6.07) is 27.2. The van der Waals surface area contributed by atoms with Crippen molar-refractivity contribution in [1.29, 1.82) is 5.26 Å². The van der Waals surface area contributed by atoms with E-state index in [9.17, 15) is 29.5 Å². The number of carbonyl (C=O) groups excluding carboxylic acids is 4. The van der Waals surface area contributed by atoms with Gasteiger partial charge >= 0.3 is 0 Å². The van der Waals surface area contributed by atoms with Crippen LogP contribution in [0.25, 0.3) is 10.4 Å². The van der Waals surface area contributed by atoms with Gasteiger partial charge in [0.1, 0.15) is 42.1 Å². The number of amides is 3. The molecule has 2 aliphatic rings. The number of aromatic nitrogens is 1. The Morgan fingerprint density at radius 1 is 0.928 bits per heavy atom. The van der Waals surface area contributed by atoms with Crippen molar-refractivity contribution in [1.82, 2.24) is 20.5 Å². The molecule has 2 heterocycles. The number of nitrogens with one attached hydrogen (secondary N) is 2. The summed E-state index contributed by atoms with van der Waals surface area (Å²) >= 11 is 7.83. The second-order valence-corrected chi connectivity index (χ2v) is 21.5. The van der Waals surface area contributed by atoms with Gasteiger partial charge < -0.3 is 34.9 Å². The van der Waals surface area contributed by atoms with Gasteiger partial charge in [0.25, 0.3) is 5.91 Å². The van der Waals surface area contributed by atoms with Crippen LogP contribution >= 0.6 is 22.9 Å². The Kier molecular flexibility index (Phi) is 15.3. The second-order valence-electron chi connectivity index (χ2n) is 20.3. The molecular weight excluding hydrogens is 914 g/mol. The minimum absolute atomic E-state index is 0.00913. The molecule has 2 fully saturated rings. The number of thiazole rings is 1. The number of benzene rings is 4. The van der Waals surface area contributed by atoms with Crippen LogP contribution in [0.2, 0.25) is 5.02 Å². The van der Waals surface area contributed by atoms with Crippen LogP contribution in [-0.2, 0) is 32.1 Å². The standard InChI is InChI=1S/C54H60ClN5O8S/c1-32-46(69-31-57-32)35-14-9-33(10-15-35)13-24-44(62)43-25-38(61)28-60(43)49(65)47(52(2,3)4)58-45(63)30-66-29-34-11-19-39(20-12-34)67-40-21-16-36(17-22-40)48(64)59-50-53(5,6)51(54(50,7)8)68-41-23-18-37(27-56)42(55)26-41/h9-12,14-23,26,31,38,43,47,50-51,61H,13,24-25,28-30H2,1-8H3,(H,58,63)(H,59,64)/t38-,43+,47-,50-,51-/m1/s1. The number of nitrogens with zero attached hydrogens (tertiary/aromatic N) is 3. The molecular formula is C54H60ClN5O8S. The van der Waals surface area contributed by atoms with E-state index in [4.69, 9.17) is 25.8 Å². The number of Topliss-reactive ketones (excluding diaryl/α,β-unsaturated/α-hetero) is 1. The lowest BCUT2D eigenvalue weighted by Gasteiger charge is -2.63. The van der Waals surface area contributed by atoms with Crippen LogP contribution in [0, 0.1) is 34.5 Å². The molecule has 15 heteroatoms. The average Bonchev–Trinajstić information content (AvgIpc) is 3.93. The van der Waals surface area contributed by atoms with Gasteiger partial charge in [0, 0.05) is 47.9 Å². The number of ether oxygens (including phenoxy) is 3. The lowest BCUT2D eigenvalue weighted by atomic mass is 9.49. The van der Waals surface area contributed by atoms with Crippen LogP contribution in [0.4, 0.5) is 0 Å². The second kappa shape index (κ2) is 20.9. The van der Waals surface area contributed by atoms with Gasteiger partial charge in [-0.15, -0.1) is 11.3 Å². The van der Waals surface area contributed by atoms with E-state index in [0.717, 1.165) is 27.3 Å². The van der Waals surface area contributed by atoms with Crippen LogP contribution in [0.15, 0.2) is 96.5 Å². The molecule has 5 aromatic rings. The number of likely N-dealkylation sites (tertiary alicyclic amines) is 1. The molecule has 1 aliphatic heterocycles. The molecule has 0 radical (unpaired) electrons. The van der Waals surface area contributed by atoms with Crippen LogP contribution in [0.5, 0.6) is 17.2 Å². The van der Waals surface area contributed by atoms with Gasteiger partial charge in [0.05, 0.1) is 45.4 Å². The molecule has 362 valence electrons. The SMILES string of the molecule is Cc1ncsc1-c1ccc(CCC(=O)[C@@H]2C[C@@H](O)CN2C(=O)[C@@H](NC(=O)COCc2ccc(Oc3ccc(C(=O)N[C@H]4C(C)(C)[C@H](Oc5ccc(C#N)c(Cl)c5)C4(C)C)cc3)cc2)C(C)(C)C)cc1. The first-order valence-corrected chi connectivity index (χ1v) is 24.3. The molecule has 13 nitrogen and oxygen atoms in total. The highest BCUT2D eigenvalue weighted by atomic mass is 35.5. The van der Waals surface area contributed by atoms with E-state index in [1.54, 1.807) is 65.9 Å². The minimum atomic E-state index is -0.963. The van der Waals surface area contributed by atoms with Gasteiger partial charge in [0.2, 0.25) is 11.8 Å². The zero-order valence-electron chi connectivity index (χ0n) is 40.3. The number of hydrogen-bond donors (Lipinski definition) is 3. The molecule has 3 amide bonds. The number of ketones is 1. The van der Waals surface area contributed by atoms with E-state index >= 15 is 0 Å². The highest BCUT2D eigenvalue weighted by molar-refractivity contribution is 7.13. The van der Waals surface area contributed by atoms with E-state index in [1.165, 1.54) is 4.90 Å². The predicted molar refractivity (Wildman–Crippen MR) is 265 cm³/mol. The molecule has 3 atom stereocenters. The Hall–Kier alpha value is -6.11. The van der Waals surface area contributed by atoms with Gasteiger partial charge in [-0.25, -0.2) is 4.98 Å². The number of hydrogen-bond acceptors (Lipinski definition) is 11. The summed E-state index contributed by atoms with van der Waals surface area (Å²) in [6.07, 6.45) is -0.226. The molecule has 1 saturated carbocycles. The number of aryl methyl sites for hydroxylation is 2. The van der Waals surface area contributed by atoms with Crippen LogP contribution in [0.1, 0.15) is 94.1 Å². The molecule has 1 saturated heterocycles. The lowest BCUT2D eigenvalue weighted by Crippen LogP contribution is -2.74. The monoisotopic (exact) mass is 973 g/mol. The largest absolute Gasteiger partial charge is 0.489 e. The summed E-state index contributed by atoms with van der Waals surface area (Å²) in [6.45, 7) is 15.5. The summed E-state index contributed by atoms with van der Waals surface area (Å²) < 4.78 is 18.2. The lowest BCUT2D eigenvalue weighted by molar-refractivity contribution is -0.164. The number of β-amino-alcohol motifs (C(OH)–C–C–N with tert-alkyl or cyclic N) is 1. The molecule has 69 heavy (non-hydrogen) atoms. The third-order valence-electron chi connectivity index (χ3n) is 13.2. The topological polar surface area (TPSA) is 180 Å². The Bertz CT molecular complexity index is 2690. The molecule has 1 aromatic heterocycles. The van der Waals surface area contributed by atoms with Crippen molar-refractivity contribution in [3.05, 3.63) is 129 Å². The maximum Gasteiger partial charge on any atom is 0.251 e. The van der Waals surface area contributed by atoms with E-state index in [2.05, 4.69) is 49.4 Å². The van der Waals surface area contributed by atoms with Crippen molar-refractivity contribution in [3.63, 3.8) is 0 Å². The van der Waals surface area contributed by atoms with Crippen molar-refractivity contribution >= 4 is 46.4 Å². The molecule has 1 aliphatic carbocycles. The molecule has 0 bridgehead atoms. The zero-order chi connectivity index (χ0) is 49.8. The summed E-state index contributed by atoms with van der Waals surface area (Å²) in [4.78, 5) is 61.2. The number of carbonyl (C=O) groups is 4. The van der Waals surface area contributed by atoms with E-state index in [0.29, 0.717) is 39.8 Å². The van der Waals surface area contributed by atoms with Gasteiger partial charge in [-0.3, -0.25) is 19.2 Å². The number of aliphatic hydroxyl groups excluding tert-OH is 1. The smallest absolute Gasteiger partial charge is 0.251 e. The van der Waals surface area contributed by atoms with E-state index in [-0.39, 0.29) is 56.4 Å². The van der Waals surface area contributed by atoms with Crippen molar-refractivity contribution in [3.8, 4) is 33.8 Å². The van der Waals surface area contributed by atoms with Crippen LogP contribution in [0.3, 0.4) is 0 Å². The first kappa shape index (κ1) is 50.8. The maximum absolute atomic E-state index is 14.1. The Morgan fingerprint density at radius 3 is 2.14 bits per heavy atom. The summed E-state index contributed by atoms with van der Waals surface area (Å²) in [5.74, 6) is 0.416. The third kappa shape index (κ3) is 11.7. The Balaban J connectivity index is 0.859. The molecule has 7 rings (SSSR count). The highest BCUT2D eigenvalue weighted by Crippen LogP contribution is 2.55. The maximum atomic E-state index is 14.1. The fourth-order valence-electron chi connectivity index (χ4n) is 9.75. The number of nitriles is 1. The van der Waals surface area contributed by atoms with Crippen molar-refractivity contribution in [2.24, 2.45) is 16.2 Å². The highest BCUT2D eigenvalue weighted by Gasteiger charge is 2.64. The molecule has 3 N–H and O–H groups in total. The van der Waals surface area contributed by atoms with Crippen molar-refractivity contribution < 1.29 is 38.5 Å². The van der Waals surface area contributed by atoms with Gasteiger partial charge in [-0.2, -0.15) is 5.26 Å². The number of aliphatic hydroxyl groups is 1. The predicted octanol–water partition coefficient (Wildman–Crippen LogP) is 9.26. The summed E-state index contributed by atoms with van der Waals surface area (Å²) in [7, 11) is 0. The van der Waals surface area contributed by atoms with Gasteiger partial charge in [-0.1, -0.05) is 96.5 Å². The van der Waals surface area contributed by atoms with Crippen molar-refractivity contribution in [2.75, 3.05) is 13.2 Å². The fraction of sp³-hybridized carbons (Fsp3) is 0.407. The normalized spacial score (nSPS) is 19.7. The number of rotatable bonds is 17. The summed E-state index contributed by atoms with van der Waals surface area (Å²) in [5, 5.41) is 26.2. The zero-order valence-corrected chi connectivity index (χ0v) is 41.9. The summed E-state index contributed by atoms with van der Waals surface area (Å²) in [5.41, 5.74) is 4.99. The van der Waals surface area contributed by atoms with Crippen molar-refractivity contribution in [2.45, 2.75) is 112 Å². The van der Waals surface area contributed by atoms with Gasteiger partial charge in [0.15, 0.2) is 5.78 Å². The van der Waals surface area contributed by atoms with Crippen LogP contribution < -0.4 is 20.1 Å². The molecule has 0 spiro atoms.